The molecule has 14 heavy (non-hydrogen) atoms. The van der Waals surface area contributed by atoms with Crippen LogP contribution in [-0.2, 0) is 0 Å². The van der Waals surface area contributed by atoms with E-state index >= 15 is 0 Å². The second-order valence-corrected chi connectivity index (χ2v) is 5.16. The highest BCUT2D eigenvalue weighted by Crippen LogP contribution is 2.30. The first-order valence-electron chi connectivity index (χ1n) is 5.70. The summed E-state index contributed by atoms with van der Waals surface area (Å²) in [5, 5.41) is 8.75. The van der Waals surface area contributed by atoms with Crippen molar-refractivity contribution in [1.82, 2.24) is 4.90 Å². The van der Waals surface area contributed by atoms with Gasteiger partial charge in [0.15, 0.2) is 0 Å². The second-order valence-electron chi connectivity index (χ2n) is 5.16. The van der Waals surface area contributed by atoms with Gasteiger partial charge < -0.3 is 0 Å². The van der Waals surface area contributed by atoms with Crippen molar-refractivity contribution in [2.24, 2.45) is 5.41 Å². The summed E-state index contributed by atoms with van der Waals surface area (Å²) in [6.07, 6.45) is 4.40. The first-order valence-corrected chi connectivity index (χ1v) is 5.70. The van der Waals surface area contributed by atoms with E-state index in [0.717, 1.165) is 13.0 Å². The molecule has 0 saturated carbocycles. The summed E-state index contributed by atoms with van der Waals surface area (Å²) in [7, 11) is 0. The minimum Gasteiger partial charge on any atom is -0.299 e. The van der Waals surface area contributed by atoms with E-state index in [1.54, 1.807) is 0 Å². The fraction of sp³-hybridized carbons (Fsp3) is 0.917. The van der Waals surface area contributed by atoms with Crippen LogP contribution < -0.4 is 0 Å². The van der Waals surface area contributed by atoms with Gasteiger partial charge in [0, 0.05) is 12.6 Å². The maximum absolute atomic E-state index is 8.75. The van der Waals surface area contributed by atoms with Crippen LogP contribution in [0, 0.1) is 16.7 Å². The molecule has 0 aliphatic carbocycles. The summed E-state index contributed by atoms with van der Waals surface area (Å²) in [6.45, 7) is 9.19. The molecule has 0 aromatic carbocycles. The summed E-state index contributed by atoms with van der Waals surface area (Å²) >= 11 is 0. The first-order chi connectivity index (χ1) is 6.59. The van der Waals surface area contributed by atoms with E-state index in [1.165, 1.54) is 19.4 Å². The Bertz CT molecular complexity index is 215. The lowest BCUT2D eigenvalue weighted by Gasteiger charge is -2.41. The Morgan fingerprint density at radius 3 is 2.71 bits per heavy atom. The molecular weight excluding hydrogens is 172 g/mol. The highest BCUT2D eigenvalue weighted by atomic mass is 15.2. The van der Waals surface area contributed by atoms with Gasteiger partial charge in [-0.3, -0.25) is 4.90 Å². The zero-order chi connectivity index (χ0) is 10.6. The molecule has 0 aromatic heterocycles. The molecule has 0 radical (unpaired) electrons. The molecule has 80 valence electrons. The van der Waals surface area contributed by atoms with E-state index in [-0.39, 0.29) is 0 Å². The van der Waals surface area contributed by atoms with Crippen LogP contribution in [0.5, 0.6) is 0 Å². The van der Waals surface area contributed by atoms with E-state index in [4.69, 9.17) is 5.26 Å². The van der Waals surface area contributed by atoms with Crippen LogP contribution in [0.1, 0.15) is 46.5 Å². The Hall–Kier alpha value is -0.550. The zero-order valence-corrected chi connectivity index (χ0v) is 9.71. The molecule has 1 aliphatic heterocycles. The van der Waals surface area contributed by atoms with E-state index in [2.05, 4.69) is 31.7 Å². The average molecular weight is 194 g/mol. The minimum absolute atomic E-state index is 0.446. The lowest BCUT2D eigenvalue weighted by molar-refractivity contribution is 0.0777. The van der Waals surface area contributed by atoms with E-state index in [9.17, 15) is 0 Å². The van der Waals surface area contributed by atoms with E-state index in [0.29, 0.717) is 17.9 Å². The fourth-order valence-corrected chi connectivity index (χ4v) is 2.42. The van der Waals surface area contributed by atoms with Crippen LogP contribution in [0.3, 0.4) is 0 Å². The van der Waals surface area contributed by atoms with Gasteiger partial charge in [-0.15, -0.1) is 0 Å². The van der Waals surface area contributed by atoms with Crippen molar-refractivity contribution in [3.05, 3.63) is 0 Å². The number of hydrogen-bond donors (Lipinski definition) is 0. The lowest BCUT2D eigenvalue weighted by atomic mass is 9.83. The van der Waals surface area contributed by atoms with Gasteiger partial charge >= 0.3 is 0 Å². The number of piperidine rings is 1. The van der Waals surface area contributed by atoms with Crippen molar-refractivity contribution in [3.63, 3.8) is 0 Å². The molecule has 0 N–H and O–H groups in total. The molecule has 1 saturated heterocycles. The summed E-state index contributed by atoms with van der Waals surface area (Å²) < 4.78 is 0. The Morgan fingerprint density at radius 1 is 1.50 bits per heavy atom. The summed E-state index contributed by atoms with van der Waals surface area (Å²) in [4.78, 5) is 2.51. The van der Waals surface area contributed by atoms with E-state index < -0.39 is 0 Å². The predicted octanol–water partition coefficient (Wildman–Crippen LogP) is 2.80. The summed E-state index contributed by atoms with van der Waals surface area (Å²) in [5.74, 6) is 0. The Balaban J connectivity index is 2.54. The number of nitriles is 1. The second kappa shape index (κ2) is 4.79. The monoisotopic (exact) mass is 194 g/mol. The summed E-state index contributed by atoms with van der Waals surface area (Å²) in [5.41, 5.74) is 0.446. The van der Waals surface area contributed by atoms with Gasteiger partial charge in [-0.05, 0) is 31.2 Å². The van der Waals surface area contributed by atoms with Gasteiger partial charge in [0.2, 0.25) is 0 Å². The standard InChI is InChI=1S/C12H22N2/c1-4-11(6-8-13)14-9-5-7-12(2,3)10-14/h11H,4-7,9-10H2,1-3H3. The number of hydrogen-bond acceptors (Lipinski definition) is 2. The molecule has 1 atom stereocenters. The van der Waals surface area contributed by atoms with Crippen LogP contribution in [0.4, 0.5) is 0 Å². The quantitative estimate of drug-likeness (QED) is 0.690. The molecular formula is C12H22N2. The Labute approximate surface area is 87.9 Å². The van der Waals surface area contributed by atoms with Crippen molar-refractivity contribution < 1.29 is 0 Å². The van der Waals surface area contributed by atoms with Gasteiger partial charge in [-0.25, -0.2) is 0 Å². The van der Waals surface area contributed by atoms with Crippen molar-refractivity contribution in [2.45, 2.75) is 52.5 Å². The van der Waals surface area contributed by atoms with Crippen LogP contribution in [-0.4, -0.2) is 24.0 Å². The van der Waals surface area contributed by atoms with Crippen molar-refractivity contribution in [3.8, 4) is 6.07 Å². The predicted molar refractivity (Wildman–Crippen MR) is 58.9 cm³/mol. The third-order valence-electron chi connectivity index (χ3n) is 3.24. The normalized spacial score (nSPS) is 24.1. The maximum atomic E-state index is 8.75. The van der Waals surface area contributed by atoms with Gasteiger partial charge in [0.25, 0.3) is 0 Å². The van der Waals surface area contributed by atoms with Gasteiger partial charge in [0.05, 0.1) is 12.5 Å². The largest absolute Gasteiger partial charge is 0.299 e. The zero-order valence-electron chi connectivity index (χ0n) is 9.71. The number of nitrogens with zero attached hydrogens (tertiary/aromatic N) is 2. The number of likely N-dealkylation sites (tertiary alicyclic amines) is 1. The van der Waals surface area contributed by atoms with Gasteiger partial charge in [-0.1, -0.05) is 20.8 Å². The van der Waals surface area contributed by atoms with Crippen LogP contribution in [0.2, 0.25) is 0 Å². The van der Waals surface area contributed by atoms with Crippen LogP contribution in [0.25, 0.3) is 0 Å². The third kappa shape index (κ3) is 2.99. The molecule has 0 aromatic rings. The van der Waals surface area contributed by atoms with Crippen LogP contribution >= 0.6 is 0 Å². The molecule has 0 spiro atoms. The van der Waals surface area contributed by atoms with Gasteiger partial charge in [0.1, 0.15) is 0 Å². The highest BCUT2D eigenvalue weighted by molar-refractivity contribution is 4.87. The molecule has 2 nitrogen and oxygen atoms in total. The number of rotatable bonds is 3. The molecule has 0 bridgehead atoms. The van der Waals surface area contributed by atoms with Gasteiger partial charge in [-0.2, -0.15) is 5.26 Å². The van der Waals surface area contributed by atoms with E-state index in [1.807, 2.05) is 0 Å². The molecule has 1 unspecified atom stereocenters. The summed E-state index contributed by atoms with van der Waals surface area (Å²) in [6, 6.07) is 2.79. The van der Waals surface area contributed by atoms with Crippen molar-refractivity contribution in [2.75, 3.05) is 13.1 Å². The Morgan fingerprint density at radius 2 is 2.21 bits per heavy atom. The molecule has 1 rings (SSSR count). The van der Waals surface area contributed by atoms with Crippen molar-refractivity contribution >= 4 is 0 Å². The fourth-order valence-electron chi connectivity index (χ4n) is 2.42. The molecule has 1 fully saturated rings. The highest BCUT2D eigenvalue weighted by Gasteiger charge is 2.29. The van der Waals surface area contributed by atoms with Crippen molar-refractivity contribution in [1.29, 1.82) is 5.26 Å². The average Bonchev–Trinajstić information content (AvgIpc) is 2.12. The lowest BCUT2D eigenvalue weighted by Crippen LogP contribution is -2.45. The Kier molecular flexibility index (Phi) is 3.95. The van der Waals surface area contributed by atoms with Crippen LogP contribution in [0.15, 0.2) is 0 Å². The smallest absolute Gasteiger partial charge is 0.0638 e. The SMILES string of the molecule is CCC(CC#N)N1CCCC(C)(C)C1. The minimum atomic E-state index is 0.446. The molecule has 0 amide bonds. The molecule has 1 aliphatic rings. The first kappa shape index (κ1) is 11.5. The topological polar surface area (TPSA) is 27.0 Å². The molecule has 1 heterocycles. The molecule has 2 heteroatoms. The maximum Gasteiger partial charge on any atom is 0.0638 e. The third-order valence-corrected chi connectivity index (χ3v) is 3.24.